The summed E-state index contributed by atoms with van der Waals surface area (Å²) in [5, 5.41) is 5.74. The molecule has 2 rings (SSSR count). The Morgan fingerprint density at radius 1 is 1.11 bits per heavy atom. The number of nitrogens with one attached hydrogen (secondary N) is 1. The summed E-state index contributed by atoms with van der Waals surface area (Å²) in [6.45, 7) is 4.13. The second kappa shape index (κ2) is 6.85. The zero-order valence-corrected chi connectivity index (χ0v) is 12.7. The fourth-order valence-electron chi connectivity index (χ4n) is 2.13. The van der Waals surface area contributed by atoms with Crippen molar-refractivity contribution in [1.29, 1.82) is 0 Å². The van der Waals surface area contributed by atoms with Crippen LogP contribution in [0.15, 0.2) is 41.8 Å². The number of benzene rings is 1. The van der Waals surface area contributed by atoms with Crippen LogP contribution in [0.4, 0.5) is 0 Å². The largest absolute Gasteiger partial charge is 0.305 e. The van der Waals surface area contributed by atoms with E-state index in [0.717, 1.165) is 13.1 Å². The van der Waals surface area contributed by atoms with Crippen molar-refractivity contribution in [3.63, 3.8) is 0 Å². The Morgan fingerprint density at radius 3 is 2.47 bits per heavy atom. The van der Waals surface area contributed by atoms with Gasteiger partial charge in [0, 0.05) is 24.0 Å². The molecule has 19 heavy (non-hydrogen) atoms. The molecule has 102 valence electrons. The third-order valence-corrected chi connectivity index (χ3v) is 4.23. The summed E-state index contributed by atoms with van der Waals surface area (Å²) < 4.78 is 0. The minimum absolute atomic E-state index is 0.410. The molecule has 0 aliphatic heterocycles. The van der Waals surface area contributed by atoms with E-state index < -0.39 is 0 Å². The van der Waals surface area contributed by atoms with Crippen molar-refractivity contribution in [2.24, 2.45) is 0 Å². The number of nitrogens with zero attached hydrogens (tertiary/aromatic N) is 1. The highest BCUT2D eigenvalue weighted by Gasteiger charge is 2.07. The Balaban J connectivity index is 1.99. The van der Waals surface area contributed by atoms with Gasteiger partial charge in [0.25, 0.3) is 0 Å². The molecule has 1 atom stereocenters. The predicted octanol–water partition coefficient (Wildman–Crippen LogP) is 3.66. The molecule has 2 aromatic rings. The Hall–Kier alpha value is -1.16. The van der Waals surface area contributed by atoms with Crippen molar-refractivity contribution < 1.29 is 0 Å². The molecule has 0 aliphatic carbocycles. The second-order valence-electron chi connectivity index (χ2n) is 5.12. The maximum Gasteiger partial charge on any atom is 0.0388 e. The number of thiophene rings is 1. The standard InChI is InChI=1S/C16H22N2S/c1-13(16-9-6-10-19-16)17-11-14-7-4-5-8-15(14)12-18(2)3/h4-10,13,17H,11-12H2,1-3H3. The van der Waals surface area contributed by atoms with E-state index in [4.69, 9.17) is 0 Å². The summed E-state index contributed by atoms with van der Waals surface area (Å²) in [6, 6.07) is 13.4. The lowest BCUT2D eigenvalue weighted by atomic mass is 10.1. The van der Waals surface area contributed by atoms with Crippen molar-refractivity contribution in [2.45, 2.75) is 26.1 Å². The van der Waals surface area contributed by atoms with Gasteiger partial charge in [0.15, 0.2) is 0 Å². The van der Waals surface area contributed by atoms with Crippen molar-refractivity contribution in [3.8, 4) is 0 Å². The summed E-state index contributed by atoms with van der Waals surface area (Å²) in [5.74, 6) is 0. The molecule has 0 fully saturated rings. The van der Waals surface area contributed by atoms with Gasteiger partial charge in [-0.3, -0.25) is 0 Å². The van der Waals surface area contributed by atoms with Crippen LogP contribution in [0.2, 0.25) is 0 Å². The van der Waals surface area contributed by atoms with E-state index in [1.54, 1.807) is 0 Å². The molecular weight excluding hydrogens is 252 g/mol. The first kappa shape index (κ1) is 14.3. The van der Waals surface area contributed by atoms with Crippen LogP contribution in [-0.2, 0) is 13.1 Å². The molecule has 0 radical (unpaired) electrons. The lowest BCUT2D eigenvalue weighted by Crippen LogP contribution is -2.19. The zero-order valence-electron chi connectivity index (χ0n) is 11.9. The molecule has 1 aromatic heterocycles. The molecule has 0 bridgehead atoms. The fourth-order valence-corrected chi connectivity index (χ4v) is 2.89. The smallest absolute Gasteiger partial charge is 0.0388 e. The maximum atomic E-state index is 3.61. The first-order chi connectivity index (χ1) is 9.16. The number of hydrogen-bond acceptors (Lipinski definition) is 3. The average Bonchev–Trinajstić information content (AvgIpc) is 2.90. The Morgan fingerprint density at radius 2 is 1.84 bits per heavy atom. The minimum atomic E-state index is 0.410. The van der Waals surface area contributed by atoms with Gasteiger partial charge in [-0.2, -0.15) is 0 Å². The molecule has 1 N–H and O–H groups in total. The molecule has 1 heterocycles. The first-order valence-electron chi connectivity index (χ1n) is 6.65. The highest BCUT2D eigenvalue weighted by Crippen LogP contribution is 2.19. The van der Waals surface area contributed by atoms with Crippen LogP contribution in [0.3, 0.4) is 0 Å². The summed E-state index contributed by atoms with van der Waals surface area (Å²) in [7, 11) is 4.22. The van der Waals surface area contributed by atoms with Gasteiger partial charge in [-0.15, -0.1) is 11.3 Å². The van der Waals surface area contributed by atoms with Crippen LogP contribution < -0.4 is 5.32 Å². The summed E-state index contributed by atoms with van der Waals surface area (Å²) in [5.41, 5.74) is 2.79. The van der Waals surface area contributed by atoms with Gasteiger partial charge in [0.1, 0.15) is 0 Å². The number of rotatable bonds is 6. The van der Waals surface area contributed by atoms with E-state index >= 15 is 0 Å². The third kappa shape index (κ3) is 4.16. The van der Waals surface area contributed by atoms with Crippen LogP contribution >= 0.6 is 11.3 Å². The SMILES string of the molecule is CC(NCc1ccccc1CN(C)C)c1cccs1. The molecule has 0 spiro atoms. The zero-order chi connectivity index (χ0) is 13.7. The first-order valence-corrected chi connectivity index (χ1v) is 7.53. The van der Waals surface area contributed by atoms with E-state index in [0.29, 0.717) is 6.04 Å². The summed E-state index contributed by atoms with van der Waals surface area (Å²) in [4.78, 5) is 3.60. The van der Waals surface area contributed by atoms with E-state index in [-0.39, 0.29) is 0 Å². The van der Waals surface area contributed by atoms with Gasteiger partial charge in [-0.25, -0.2) is 0 Å². The quantitative estimate of drug-likeness (QED) is 0.865. The van der Waals surface area contributed by atoms with Gasteiger partial charge in [-0.05, 0) is 43.6 Å². The molecule has 0 saturated carbocycles. The van der Waals surface area contributed by atoms with E-state index in [1.807, 2.05) is 11.3 Å². The Bertz CT molecular complexity index is 491. The number of hydrogen-bond donors (Lipinski definition) is 1. The second-order valence-corrected chi connectivity index (χ2v) is 6.10. The van der Waals surface area contributed by atoms with Gasteiger partial charge in [0.2, 0.25) is 0 Å². The van der Waals surface area contributed by atoms with Crippen molar-refractivity contribution in [3.05, 3.63) is 57.8 Å². The van der Waals surface area contributed by atoms with Crippen molar-refractivity contribution in [2.75, 3.05) is 14.1 Å². The van der Waals surface area contributed by atoms with Crippen molar-refractivity contribution >= 4 is 11.3 Å². The van der Waals surface area contributed by atoms with E-state index in [9.17, 15) is 0 Å². The molecule has 2 nitrogen and oxygen atoms in total. The average molecular weight is 274 g/mol. The highest BCUT2D eigenvalue weighted by molar-refractivity contribution is 7.10. The van der Waals surface area contributed by atoms with Gasteiger partial charge < -0.3 is 10.2 Å². The predicted molar refractivity (Wildman–Crippen MR) is 83.4 cm³/mol. The monoisotopic (exact) mass is 274 g/mol. The fraction of sp³-hybridized carbons (Fsp3) is 0.375. The normalized spacial score (nSPS) is 12.8. The van der Waals surface area contributed by atoms with E-state index in [1.165, 1.54) is 16.0 Å². The van der Waals surface area contributed by atoms with Gasteiger partial charge >= 0.3 is 0 Å². The Kier molecular flexibility index (Phi) is 5.14. The topological polar surface area (TPSA) is 15.3 Å². The molecule has 0 amide bonds. The minimum Gasteiger partial charge on any atom is -0.305 e. The molecular formula is C16H22N2S. The lowest BCUT2D eigenvalue weighted by Gasteiger charge is -2.17. The molecule has 0 saturated heterocycles. The summed E-state index contributed by atoms with van der Waals surface area (Å²) in [6.07, 6.45) is 0. The van der Waals surface area contributed by atoms with Crippen LogP contribution in [0.25, 0.3) is 0 Å². The third-order valence-electron chi connectivity index (χ3n) is 3.17. The molecule has 3 heteroatoms. The lowest BCUT2D eigenvalue weighted by molar-refractivity contribution is 0.400. The Labute approximate surface area is 120 Å². The van der Waals surface area contributed by atoms with Crippen LogP contribution in [0.5, 0.6) is 0 Å². The molecule has 0 aliphatic rings. The van der Waals surface area contributed by atoms with Crippen molar-refractivity contribution in [1.82, 2.24) is 10.2 Å². The van der Waals surface area contributed by atoms with Crippen LogP contribution in [0, 0.1) is 0 Å². The van der Waals surface area contributed by atoms with Gasteiger partial charge in [-0.1, -0.05) is 30.3 Å². The van der Waals surface area contributed by atoms with Gasteiger partial charge in [0.05, 0.1) is 0 Å². The molecule has 1 aromatic carbocycles. The van der Waals surface area contributed by atoms with Crippen LogP contribution in [0.1, 0.15) is 29.0 Å². The highest BCUT2D eigenvalue weighted by atomic mass is 32.1. The summed E-state index contributed by atoms with van der Waals surface area (Å²) >= 11 is 1.81. The van der Waals surface area contributed by atoms with E-state index in [2.05, 4.69) is 73.0 Å². The maximum absolute atomic E-state index is 3.61. The molecule has 1 unspecified atom stereocenters. The van der Waals surface area contributed by atoms with Crippen LogP contribution in [-0.4, -0.2) is 19.0 Å².